The van der Waals surface area contributed by atoms with Crippen LogP contribution in [0.4, 0.5) is 13.2 Å². The van der Waals surface area contributed by atoms with Gasteiger partial charge in [-0.1, -0.05) is 13.8 Å². The van der Waals surface area contributed by atoms with Crippen LogP contribution in [0.1, 0.15) is 53.9 Å². The summed E-state index contributed by atoms with van der Waals surface area (Å²) >= 11 is 0. The normalized spacial score (nSPS) is 15.5. The van der Waals surface area contributed by atoms with Crippen LogP contribution in [0.3, 0.4) is 0 Å². The molecule has 0 aliphatic rings. The molecular formula is C15H25F3O4. The van der Waals surface area contributed by atoms with E-state index in [1.807, 2.05) is 0 Å². The Bertz CT molecular complexity index is 383. The fourth-order valence-electron chi connectivity index (χ4n) is 2.12. The number of rotatable bonds is 7. The Balaban J connectivity index is 4.75. The SMILES string of the molecule is CC(C)[C@H](C[C@@H](CCC(=O)OC(C)(C)C)C(=O)O)C(F)(F)F. The van der Waals surface area contributed by atoms with E-state index >= 15 is 0 Å². The molecule has 0 radical (unpaired) electrons. The van der Waals surface area contributed by atoms with Crippen molar-refractivity contribution < 1.29 is 32.6 Å². The van der Waals surface area contributed by atoms with Crippen molar-refractivity contribution in [3.8, 4) is 0 Å². The van der Waals surface area contributed by atoms with Gasteiger partial charge in [-0.2, -0.15) is 13.2 Å². The van der Waals surface area contributed by atoms with Gasteiger partial charge in [0.1, 0.15) is 5.60 Å². The lowest BCUT2D eigenvalue weighted by Crippen LogP contribution is -2.32. The minimum absolute atomic E-state index is 0.163. The second-order valence-corrected chi connectivity index (χ2v) is 6.79. The molecule has 4 nitrogen and oxygen atoms in total. The zero-order valence-corrected chi connectivity index (χ0v) is 13.7. The molecule has 0 saturated heterocycles. The van der Waals surface area contributed by atoms with Crippen LogP contribution in [0.15, 0.2) is 0 Å². The molecular weight excluding hydrogens is 301 g/mol. The fraction of sp³-hybridized carbons (Fsp3) is 0.867. The zero-order valence-electron chi connectivity index (χ0n) is 13.7. The molecule has 0 aromatic heterocycles. The van der Waals surface area contributed by atoms with Gasteiger partial charge in [0.05, 0.1) is 11.8 Å². The van der Waals surface area contributed by atoms with E-state index < -0.39 is 47.9 Å². The molecule has 0 aromatic carbocycles. The third-order valence-corrected chi connectivity index (χ3v) is 3.23. The van der Waals surface area contributed by atoms with Gasteiger partial charge in [-0.15, -0.1) is 0 Å². The lowest BCUT2D eigenvalue weighted by molar-refractivity contribution is -0.192. The molecule has 22 heavy (non-hydrogen) atoms. The molecule has 0 unspecified atom stereocenters. The van der Waals surface area contributed by atoms with Crippen LogP contribution in [-0.4, -0.2) is 28.8 Å². The minimum atomic E-state index is -4.45. The lowest BCUT2D eigenvalue weighted by Gasteiger charge is -2.26. The first-order chi connectivity index (χ1) is 9.74. The number of alkyl halides is 3. The first kappa shape index (κ1) is 20.7. The Morgan fingerprint density at radius 1 is 1.14 bits per heavy atom. The van der Waals surface area contributed by atoms with Crippen molar-refractivity contribution in [3.05, 3.63) is 0 Å². The van der Waals surface area contributed by atoms with E-state index in [0.717, 1.165) is 0 Å². The summed E-state index contributed by atoms with van der Waals surface area (Å²) in [4.78, 5) is 22.7. The number of hydrogen-bond acceptors (Lipinski definition) is 3. The molecule has 0 aliphatic carbocycles. The summed E-state index contributed by atoms with van der Waals surface area (Å²) < 4.78 is 43.8. The molecule has 0 aliphatic heterocycles. The van der Waals surface area contributed by atoms with E-state index in [-0.39, 0.29) is 12.8 Å². The average Bonchev–Trinajstić information content (AvgIpc) is 2.23. The van der Waals surface area contributed by atoms with Crippen LogP contribution in [-0.2, 0) is 14.3 Å². The summed E-state index contributed by atoms with van der Waals surface area (Å²) in [5.41, 5.74) is -0.706. The molecule has 0 rings (SSSR count). The highest BCUT2D eigenvalue weighted by molar-refractivity contribution is 5.73. The van der Waals surface area contributed by atoms with Gasteiger partial charge in [0.15, 0.2) is 0 Å². The molecule has 7 heteroatoms. The van der Waals surface area contributed by atoms with Gasteiger partial charge in [0.25, 0.3) is 0 Å². The summed E-state index contributed by atoms with van der Waals surface area (Å²) in [7, 11) is 0. The smallest absolute Gasteiger partial charge is 0.392 e. The highest BCUT2D eigenvalue weighted by Gasteiger charge is 2.43. The molecule has 0 aromatic rings. The molecule has 1 N–H and O–H groups in total. The Morgan fingerprint density at radius 3 is 1.95 bits per heavy atom. The van der Waals surface area contributed by atoms with E-state index in [1.165, 1.54) is 13.8 Å². The second kappa shape index (κ2) is 7.83. The number of carboxylic acids is 1. The first-order valence-electron chi connectivity index (χ1n) is 7.25. The van der Waals surface area contributed by atoms with Crippen LogP contribution >= 0.6 is 0 Å². The molecule has 130 valence electrons. The van der Waals surface area contributed by atoms with Crippen molar-refractivity contribution in [2.45, 2.75) is 65.7 Å². The van der Waals surface area contributed by atoms with Crippen LogP contribution in [0.2, 0.25) is 0 Å². The predicted octanol–water partition coefficient (Wildman–Crippen LogP) is 4.03. The number of carbonyl (C=O) groups is 2. The van der Waals surface area contributed by atoms with Crippen molar-refractivity contribution in [2.24, 2.45) is 17.8 Å². The second-order valence-electron chi connectivity index (χ2n) is 6.79. The van der Waals surface area contributed by atoms with Gasteiger partial charge >= 0.3 is 18.1 Å². The highest BCUT2D eigenvalue weighted by atomic mass is 19.4. The first-order valence-corrected chi connectivity index (χ1v) is 7.25. The van der Waals surface area contributed by atoms with Gasteiger partial charge in [-0.25, -0.2) is 0 Å². The van der Waals surface area contributed by atoms with E-state index in [9.17, 15) is 22.8 Å². The third-order valence-electron chi connectivity index (χ3n) is 3.23. The molecule has 0 amide bonds. The summed E-state index contributed by atoms with van der Waals surface area (Å²) in [5.74, 6) is -5.57. The van der Waals surface area contributed by atoms with Gasteiger partial charge in [-0.05, 0) is 39.5 Å². The summed E-state index contributed by atoms with van der Waals surface area (Å²) in [6, 6.07) is 0. The van der Waals surface area contributed by atoms with Crippen LogP contribution < -0.4 is 0 Å². The van der Waals surface area contributed by atoms with Gasteiger partial charge < -0.3 is 9.84 Å². The van der Waals surface area contributed by atoms with Gasteiger partial charge in [0, 0.05) is 6.42 Å². The average molecular weight is 326 g/mol. The number of hydrogen-bond donors (Lipinski definition) is 1. The largest absolute Gasteiger partial charge is 0.481 e. The third kappa shape index (κ3) is 8.24. The summed E-state index contributed by atoms with van der Waals surface area (Å²) in [6.45, 7) is 7.81. The Morgan fingerprint density at radius 2 is 1.64 bits per heavy atom. The van der Waals surface area contributed by atoms with Crippen molar-refractivity contribution in [3.63, 3.8) is 0 Å². The lowest BCUT2D eigenvalue weighted by atomic mass is 9.84. The van der Waals surface area contributed by atoms with E-state index in [2.05, 4.69) is 0 Å². The Labute approximate surface area is 129 Å². The predicted molar refractivity (Wildman–Crippen MR) is 75.2 cm³/mol. The molecule has 0 saturated carbocycles. The number of esters is 1. The summed E-state index contributed by atoms with van der Waals surface area (Å²) in [6.07, 6.45) is -5.35. The maximum atomic E-state index is 12.9. The molecule has 0 heterocycles. The summed E-state index contributed by atoms with van der Waals surface area (Å²) in [5, 5.41) is 9.10. The fourth-order valence-corrected chi connectivity index (χ4v) is 2.12. The maximum Gasteiger partial charge on any atom is 0.392 e. The van der Waals surface area contributed by atoms with E-state index in [1.54, 1.807) is 20.8 Å². The topological polar surface area (TPSA) is 63.6 Å². The monoisotopic (exact) mass is 326 g/mol. The number of ether oxygens (including phenoxy) is 1. The minimum Gasteiger partial charge on any atom is -0.481 e. The van der Waals surface area contributed by atoms with Crippen LogP contribution in [0, 0.1) is 17.8 Å². The number of halogens is 3. The number of aliphatic carboxylic acids is 1. The highest BCUT2D eigenvalue weighted by Crippen LogP contribution is 2.37. The Hall–Kier alpha value is -1.27. The maximum absolute atomic E-state index is 12.9. The van der Waals surface area contributed by atoms with Crippen LogP contribution in [0.5, 0.6) is 0 Å². The molecule has 0 fully saturated rings. The van der Waals surface area contributed by atoms with Crippen molar-refractivity contribution in [1.82, 2.24) is 0 Å². The standard InChI is InChI=1S/C15H25F3O4/c1-9(2)11(15(16,17)18)8-10(13(20)21)6-7-12(19)22-14(3,4)5/h9-11H,6-8H2,1-5H3,(H,20,21)/t10-,11+/m1/s1. The Kier molecular flexibility index (Phi) is 7.38. The van der Waals surface area contributed by atoms with E-state index in [0.29, 0.717) is 0 Å². The number of carboxylic acid groups (broad SMARTS) is 1. The van der Waals surface area contributed by atoms with Crippen LogP contribution in [0.25, 0.3) is 0 Å². The van der Waals surface area contributed by atoms with Crippen molar-refractivity contribution in [1.29, 1.82) is 0 Å². The van der Waals surface area contributed by atoms with E-state index in [4.69, 9.17) is 9.84 Å². The quantitative estimate of drug-likeness (QED) is 0.717. The van der Waals surface area contributed by atoms with Crippen molar-refractivity contribution in [2.75, 3.05) is 0 Å². The molecule has 2 atom stereocenters. The van der Waals surface area contributed by atoms with Gasteiger partial charge in [-0.3, -0.25) is 9.59 Å². The molecule has 0 bridgehead atoms. The number of carbonyl (C=O) groups excluding carboxylic acids is 1. The zero-order chi connectivity index (χ0) is 17.7. The van der Waals surface area contributed by atoms with Crippen molar-refractivity contribution >= 4 is 11.9 Å². The van der Waals surface area contributed by atoms with Gasteiger partial charge in [0.2, 0.25) is 0 Å². The molecule has 0 spiro atoms.